The molecular formula is C9H15NOS. The van der Waals surface area contributed by atoms with Gasteiger partial charge in [0.15, 0.2) is 0 Å². The van der Waals surface area contributed by atoms with Crippen molar-refractivity contribution in [3.63, 3.8) is 0 Å². The van der Waals surface area contributed by atoms with Crippen molar-refractivity contribution in [2.45, 2.75) is 43.4 Å². The van der Waals surface area contributed by atoms with Gasteiger partial charge in [0.1, 0.15) is 0 Å². The maximum absolute atomic E-state index is 11.7. The van der Waals surface area contributed by atoms with Gasteiger partial charge in [-0.1, -0.05) is 0 Å². The minimum absolute atomic E-state index is 0.109. The Morgan fingerprint density at radius 3 is 2.83 bits per heavy atom. The summed E-state index contributed by atoms with van der Waals surface area (Å²) >= 11 is 1.81. The summed E-state index contributed by atoms with van der Waals surface area (Å²) in [5, 5.41) is 3.08. The normalized spacial score (nSPS) is 35.1. The molecule has 0 spiro atoms. The SMILES string of the molecule is CC1(C(=O)NC2CC2)CCCS1. The van der Waals surface area contributed by atoms with E-state index >= 15 is 0 Å². The summed E-state index contributed by atoms with van der Waals surface area (Å²) in [7, 11) is 0. The Labute approximate surface area is 77.5 Å². The predicted molar refractivity (Wildman–Crippen MR) is 51.3 cm³/mol. The van der Waals surface area contributed by atoms with Gasteiger partial charge in [0, 0.05) is 6.04 Å². The molecule has 1 atom stereocenters. The molecule has 0 radical (unpaired) electrons. The summed E-state index contributed by atoms with van der Waals surface area (Å²) in [6.07, 6.45) is 4.62. The third kappa shape index (κ3) is 1.60. The third-order valence-corrected chi connectivity index (χ3v) is 4.13. The summed E-state index contributed by atoms with van der Waals surface area (Å²) in [5.74, 6) is 1.42. The monoisotopic (exact) mass is 185 g/mol. The van der Waals surface area contributed by atoms with Crippen LogP contribution < -0.4 is 5.32 Å². The molecule has 2 rings (SSSR count). The Hall–Kier alpha value is -0.180. The number of hydrogen-bond acceptors (Lipinski definition) is 2. The second-order valence-corrected chi connectivity index (χ2v) is 5.53. The van der Waals surface area contributed by atoms with Crippen LogP contribution in [0.4, 0.5) is 0 Å². The van der Waals surface area contributed by atoms with Crippen LogP contribution in [0.3, 0.4) is 0 Å². The Balaban J connectivity index is 1.91. The minimum atomic E-state index is -0.109. The van der Waals surface area contributed by atoms with Crippen molar-refractivity contribution in [1.29, 1.82) is 0 Å². The van der Waals surface area contributed by atoms with Crippen molar-refractivity contribution in [2.24, 2.45) is 0 Å². The smallest absolute Gasteiger partial charge is 0.236 e. The molecule has 1 heterocycles. The van der Waals surface area contributed by atoms with Crippen LogP contribution in [0.2, 0.25) is 0 Å². The lowest BCUT2D eigenvalue weighted by Gasteiger charge is -2.21. The average Bonchev–Trinajstić information content (AvgIpc) is 2.73. The van der Waals surface area contributed by atoms with Crippen LogP contribution >= 0.6 is 11.8 Å². The first-order chi connectivity index (χ1) is 5.71. The molecule has 1 unspecified atom stereocenters. The predicted octanol–water partition coefficient (Wildman–Crippen LogP) is 1.55. The first kappa shape index (κ1) is 8.42. The fraction of sp³-hybridized carbons (Fsp3) is 0.889. The van der Waals surface area contributed by atoms with Gasteiger partial charge in [-0.2, -0.15) is 0 Å². The number of carbonyl (C=O) groups excluding carboxylic acids is 1. The van der Waals surface area contributed by atoms with Gasteiger partial charge < -0.3 is 5.32 Å². The van der Waals surface area contributed by atoms with Gasteiger partial charge in [-0.15, -0.1) is 11.8 Å². The minimum Gasteiger partial charge on any atom is -0.352 e. The van der Waals surface area contributed by atoms with E-state index in [1.807, 2.05) is 11.8 Å². The molecule has 0 aromatic rings. The molecule has 2 aliphatic rings. The molecular weight excluding hydrogens is 170 g/mol. The molecule has 1 aliphatic heterocycles. The fourth-order valence-electron chi connectivity index (χ4n) is 1.52. The highest BCUT2D eigenvalue weighted by Gasteiger charge is 2.39. The van der Waals surface area contributed by atoms with Gasteiger partial charge in [0.05, 0.1) is 4.75 Å². The van der Waals surface area contributed by atoms with Crippen LogP contribution in [-0.4, -0.2) is 22.4 Å². The Morgan fingerprint density at radius 1 is 1.58 bits per heavy atom. The van der Waals surface area contributed by atoms with Crippen LogP contribution in [0.25, 0.3) is 0 Å². The zero-order valence-electron chi connectivity index (χ0n) is 7.43. The van der Waals surface area contributed by atoms with E-state index in [2.05, 4.69) is 12.2 Å². The maximum Gasteiger partial charge on any atom is 0.236 e. The molecule has 1 aliphatic carbocycles. The van der Waals surface area contributed by atoms with Crippen molar-refractivity contribution >= 4 is 17.7 Å². The molecule has 1 saturated carbocycles. The van der Waals surface area contributed by atoms with Crippen molar-refractivity contribution in [1.82, 2.24) is 5.32 Å². The molecule has 0 aromatic heterocycles. The van der Waals surface area contributed by atoms with Gasteiger partial charge in [-0.25, -0.2) is 0 Å². The maximum atomic E-state index is 11.7. The molecule has 1 N–H and O–H groups in total. The van der Waals surface area contributed by atoms with Crippen LogP contribution in [0, 0.1) is 0 Å². The van der Waals surface area contributed by atoms with Crippen LogP contribution in [0.15, 0.2) is 0 Å². The number of thioether (sulfide) groups is 1. The number of hydrogen-bond donors (Lipinski definition) is 1. The van der Waals surface area contributed by atoms with Gasteiger partial charge in [0.2, 0.25) is 5.91 Å². The molecule has 2 fully saturated rings. The topological polar surface area (TPSA) is 29.1 Å². The number of rotatable bonds is 2. The summed E-state index contributed by atoms with van der Waals surface area (Å²) in [6, 6.07) is 0.510. The van der Waals surface area contributed by atoms with Crippen LogP contribution in [0.5, 0.6) is 0 Å². The van der Waals surface area contributed by atoms with E-state index in [1.165, 1.54) is 19.3 Å². The lowest BCUT2D eigenvalue weighted by atomic mass is 10.1. The molecule has 0 bridgehead atoms. The molecule has 0 aromatic carbocycles. The lowest BCUT2D eigenvalue weighted by molar-refractivity contribution is -0.123. The van der Waals surface area contributed by atoms with E-state index < -0.39 is 0 Å². The third-order valence-electron chi connectivity index (χ3n) is 2.61. The first-order valence-corrected chi connectivity index (χ1v) is 5.64. The molecule has 68 valence electrons. The van der Waals surface area contributed by atoms with Crippen molar-refractivity contribution < 1.29 is 4.79 Å². The number of carbonyl (C=O) groups is 1. The fourth-order valence-corrected chi connectivity index (χ4v) is 2.74. The molecule has 12 heavy (non-hydrogen) atoms. The standard InChI is InChI=1S/C9H15NOS/c1-9(5-2-6-12-9)8(11)10-7-3-4-7/h7H,2-6H2,1H3,(H,10,11). The summed E-state index contributed by atoms with van der Waals surface area (Å²) in [4.78, 5) is 11.7. The van der Waals surface area contributed by atoms with Gasteiger partial charge in [-0.05, 0) is 38.4 Å². The molecule has 3 heteroatoms. The Kier molecular flexibility index (Phi) is 2.07. The Morgan fingerprint density at radius 2 is 2.33 bits per heavy atom. The lowest BCUT2D eigenvalue weighted by Crippen LogP contribution is -2.41. The summed E-state index contributed by atoms with van der Waals surface area (Å²) in [6.45, 7) is 2.07. The van der Waals surface area contributed by atoms with Gasteiger partial charge in [-0.3, -0.25) is 4.79 Å². The number of nitrogens with one attached hydrogen (secondary N) is 1. The van der Waals surface area contributed by atoms with E-state index in [1.54, 1.807) is 0 Å². The molecule has 1 saturated heterocycles. The van der Waals surface area contributed by atoms with E-state index in [9.17, 15) is 4.79 Å². The highest BCUT2D eigenvalue weighted by molar-refractivity contribution is 8.01. The zero-order chi connectivity index (χ0) is 8.60. The van der Waals surface area contributed by atoms with E-state index in [0.717, 1.165) is 12.2 Å². The highest BCUT2D eigenvalue weighted by Crippen LogP contribution is 2.38. The number of amides is 1. The molecule has 2 nitrogen and oxygen atoms in total. The van der Waals surface area contributed by atoms with Gasteiger partial charge in [0.25, 0.3) is 0 Å². The second kappa shape index (κ2) is 2.95. The van der Waals surface area contributed by atoms with Crippen LogP contribution in [-0.2, 0) is 4.79 Å². The molecule has 1 amide bonds. The first-order valence-electron chi connectivity index (χ1n) is 4.66. The van der Waals surface area contributed by atoms with Crippen molar-refractivity contribution in [3.8, 4) is 0 Å². The van der Waals surface area contributed by atoms with Crippen molar-refractivity contribution in [2.75, 3.05) is 5.75 Å². The largest absolute Gasteiger partial charge is 0.352 e. The second-order valence-electron chi connectivity index (χ2n) is 3.93. The van der Waals surface area contributed by atoms with E-state index in [-0.39, 0.29) is 10.7 Å². The van der Waals surface area contributed by atoms with E-state index in [4.69, 9.17) is 0 Å². The average molecular weight is 185 g/mol. The zero-order valence-corrected chi connectivity index (χ0v) is 8.25. The van der Waals surface area contributed by atoms with E-state index in [0.29, 0.717) is 6.04 Å². The highest BCUT2D eigenvalue weighted by atomic mass is 32.2. The summed E-state index contributed by atoms with van der Waals surface area (Å²) in [5.41, 5.74) is 0. The Bertz CT molecular complexity index is 195. The van der Waals surface area contributed by atoms with Crippen LogP contribution in [0.1, 0.15) is 32.6 Å². The summed E-state index contributed by atoms with van der Waals surface area (Å²) < 4.78 is -0.109. The quantitative estimate of drug-likeness (QED) is 0.707. The van der Waals surface area contributed by atoms with Gasteiger partial charge >= 0.3 is 0 Å². The van der Waals surface area contributed by atoms with Crippen molar-refractivity contribution in [3.05, 3.63) is 0 Å².